The highest BCUT2D eigenvalue weighted by Gasteiger charge is 2.17. The van der Waals surface area contributed by atoms with Crippen LogP contribution in [-0.4, -0.2) is 38.7 Å². The highest BCUT2D eigenvalue weighted by atomic mass is 16.3. The molecule has 118 valence electrons. The van der Waals surface area contributed by atoms with Gasteiger partial charge in [0.15, 0.2) is 5.69 Å². The fourth-order valence-electron chi connectivity index (χ4n) is 2.27. The molecule has 1 heterocycles. The molecule has 2 aromatic rings. The van der Waals surface area contributed by atoms with E-state index < -0.39 is 0 Å². The summed E-state index contributed by atoms with van der Waals surface area (Å²) < 4.78 is 1.57. The Bertz CT molecular complexity index is 637. The third-order valence-corrected chi connectivity index (χ3v) is 3.30. The van der Waals surface area contributed by atoms with Gasteiger partial charge in [-0.3, -0.25) is 4.79 Å². The molecule has 0 bridgehead atoms. The van der Waals surface area contributed by atoms with Crippen molar-refractivity contribution < 1.29 is 9.90 Å². The van der Waals surface area contributed by atoms with Crippen molar-refractivity contribution in [2.75, 3.05) is 6.61 Å². The van der Waals surface area contributed by atoms with Gasteiger partial charge in [0.25, 0.3) is 5.91 Å². The van der Waals surface area contributed by atoms with Crippen molar-refractivity contribution in [1.82, 2.24) is 20.3 Å². The van der Waals surface area contributed by atoms with Crippen LogP contribution in [0.5, 0.6) is 0 Å². The van der Waals surface area contributed by atoms with Crippen LogP contribution in [0.15, 0.2) is 30.5 Å². The van der Waals surface area contributed by atoms with Crippen LogP contribution >= 0.6 is 0 Å². The van der Waals surface area contributed by atoms with Crippen molar-refractivity contribution in [1.29, 1.82) is 0 Å². The molecule has 1 amide bonds. The predicted octanol–water partition coefficient (Wildman–Crippen LogP) is 1.71. The Morgan fingerprint density at radius 3 is 2.82 bits per heavy atom. The fraction of sp³-hybridized carbons (Fsp3) is 0.438. The number of carbonyl (C=O) groups is 1. The summed E-state index contributed by atoms with van der Waals surface area (Å²) in [6, 6.07) is 7.52. The molecule has 0 aliphatic heterocycles. The Morgan fingerprint density at radius 2 is 2.18 bits per heavy atom. The number of rotatable bonds is 6. The summed E-state index contributed by atoms with van der Waals surface area (Å²) in [5.74, 6) is 0.0685. The van der Waals surface area contributed by atoms with Gasteiger partial charge in [0.2, 0.25) is 0 Å². The lowest BCUT2D eigenvalue weighted by Gasteiger charge is -2.17. The van der Waals surface area contributed by atoms with Crippen molar-refractivity contribution in [3.05, 3.63) is 41.7 Å². The van der Waals surface area contributed by atoms with Crippen LogP contribution in [0.1, 0.15) is 36.3 Å². The third-order valence-electron chi connectivity index (χ3n) is 3.30. The molecule has 0 spiro atoms. The van der Waals surface area contributed by atoms with E-state index in [4.69, 9.17) is 0 Å². The van der Waals surface area contributed by atoms with E-state index in [1.807, 2.05) is 45.0 Å². The third kappa shape index (κ3) is 4.14. The Hall–Kier alpha value is -2.21. The van der Waals surface area contributed by atoms with Crippen LogP contribution in [0.4, 0.5) is 0 Å². The number of nitrogens with one attached hydrogen (secondary N) is 1. The zero-order valence-electron chi connectivity index (χ0n) is 13.2. The summed E-state index contributed by atoms with van der Waals surface area (Å²) in [5.41, 5.74) is 2.20. The van der Waals surface area contributed by atoms with E-state index in [1.54, 1.807) is 10.9 Å². The molecule has 1 aromatic heterocycles. The number of nitrogens with zero attached hydrogens (tertiary/aromatic N) is 3. The van der Waals surface area contributed by atoms with Gasteiger partial charge in [0.1, 0.15) is 0 Å². The van der Waals surface area contributed by atoms with Gasteiger partial charge in [-0.2, -0.15) is 0 Å². The number of aliphatic hydroxyl groups is 1. The molecule has 0 saturated carbocycles. The summed E-state index contributed by atoms with van der Waals surface area (Å²) in [5, 5.41) is 20.0. The molecule has 0 radical (unpaired) electrons. The van der Waals surface area contributed by atoms with Gasteiger partial charge in [0, 0.05) is 0 Å². The van der Waals surface area contributed by atoms with Gasteiger partial charge in [-0.05, 0) is 37.0 Å². The van der Waals surface area contributed by atoms with Crippen molar-refractivity contribution in [3.8, 4) is 5.69 Å². The molecule has 6 heteroatoms. The Labute approximate surface area is 130 Å². The molecule has 1 atom stereocenters. The number of aliphatic hydroxyl groups excluding tert-OH is 1. The summed E-state index contributed by atoms with van der Waals surface area (Å²) in [4.78, 5) is 12.2. The molecule has 2 rings (SSSR count). The first-order chi connectivity index (χ1) is 10.5. The van der Waals surface area contributed by atoms with Crippen LogP contribution in [0, 0.1) is 12.8 Å². The molecule has 1 unspecified atom stereocenters. The first-order valence-electron chi connectivity index (χ1n) is 7.40. The van der Waals surface area contributed by atoms with E-state index in [1.165, 1.54) is 0 Å². The molecule has 0 aliphatic rings. The number of hydrogen-bond acceptors (Lipinski definition) is 4. The van der Waals surface area contributed by atoms with Crippen LogP contribution in [0.2, 0.25) is 0 Å². The minimum absolute atomic E-state index is 0.0874. The van der Waals surface area contributed by atoms with Gasteiger partial charge in [-0.15, -0.1) is 5.10 Å². The van der Waals surface area contributed by atoms with Gasteiger partial charge in [-0.1, -0.05) is 31.2 Å². The molecule has 22 heavy (non-hydrogen) atoms. The number of benzene rings is 1. The smallest absolute Gasteiger partial charge is 0.273 e. The lowest BCUT2D eigenvalue weighted by Crippen LogP contribution is -2.38. The van der Waals surface area contributed by atoms with Crippen LogP contribution < -0.4 is 5.32 Å². The standard InChI is InChI=1S/C16H22N4O2/c1-11(2)7-13(10-21)17-16(22)15-9-20(19-18-15)14-6-4-5-12(3)8-14/h4-6,8-9,11,13,21H,7,10H2,1-3H3,(H,17,22). The lowest BCUT2D eigenvalue weighted by atomic mass is 10.0. The summed E-state index contributed by atoms with van der Waals surface area (Å²) in [6.45, 7) is 5.99. The fourth-order valence-corrected chi connectivity index (χ4v) is 2.27. The van der Waals surface area contributed by atoms with Crippen molar-refractivity contribution in [2.45, 2.75) is 33.2 Å². The van der Waals surface area contributed by atoms with E-state index in [2.05, 4.69) is 15.6 Å². The van der Waals surface area contributed by atoms with E-state index in [0.29, 0.717) is 12.3 Å². The second-order valence-corrected chi connectivity index (χ2v) is 5.87. The summed E-state index contributed by atoms with van der Waals surface area (Å²) in [7, 11) is 0. The molecule has 0 saturated heterocycles. The number of amides is 1. The Morgan fingerprint density at radius 1 is 1.41 bits per heavy atom. The molecule has 0 fully saturated rings. The lowest BCUT2D eigenvalue weighted by molar-refractivity contribution is 0.0903. The quantitative estimate of drug-likeness (QED) is 0.851. The number of aryl methyl sites for hydroxylation is 1. The van der Waals surface area contributed by atoms with Crippen LogP contribution in [-0.2, 0) is 0 Å². The first kappa shape index (κ1) is 16.2. The first-order valence-corrected chi connectivity index (χ1v) is 7.40. The second-order valence-electron chi connectivity index (χ2n) is 5.87. The Balaban J connectivity index is 2.09. The predicted molar refractivity (Wildman–Crippen MR) is 83.9 cm³/mol. The zero-order valence-corrected chi connectivity index (χ0v) is 13.2. The van der Waals surface area contributed by atoms with Crippen LogP contribution in [0.3, 0.4) is 0 Å². The normalized spacial score (nSPS) is 12.4. The summed E-state index contributed by atoms with van der Waals surface area (Å²) in [6.07, 6.45) is 2.31. The van der Waals surface area contributed by atoms with Gasteiger partial charge >= 0.3 is 0 Å². The minimum Gasteiger partial charge on any atom is -0.394 e. The largest absolute Gasteiger partial charge is 0.394 e. The highest BCUT2D eigenvalue weighted by molar-refractivity contribution is 5.92. The van der Waals surface area contributed by atoms with E-state index in [0.717, 1.165) is 11.3 Å². The molecule has 2 N–H and O–H groups in total. The van der Waals surface area contributed by atoms with Crippen LogP contribution in [0.25, 0.3) is 5.69 Å². The Kier molecular flexibility index (Phi) is 5.27. The average molecular weight is 302 g/mol. The summed E-state index contributed by atoms with van der Waals surface area (Å²) >= 11 is 0. The van der Waals surface area contributed by atoms with E-state index in [-0.39, 0.29) is 24.2 Å². The number of aromatic nitrogens is 3. The average Bonchev–Trinajstić information content (AvgIpc) is 2.96. The molecule has 1 aromatic carbocycles. The number of hydrogen-bond donors (Lipinski definition) is 2. The molecular weight excluding hydrogens is 280 g/mol. The maximum Gasteiger partial charge on any atom is 0.273 e. The molecular formula is C16H22N4O2. The van der Waals surface area contributed by atoms with Crippen molar-refractivity contribution in [3.63, 3.8) is 0 Å². The van der Waals surface area contributed by atoms with E-state index >= 15 is 0 Å². The van der Waals surface area contributed by atoms with Crippen molar-refractivity contribution >= 4 is 5.91 Å². The number of carbonyl (C=O) groups excluding carboxylic acids is 1. The monoisotopic (exact) mass is 302 g/mol. The SMILES string of the molecule is Cc1cccc(-n2cc(C(=O)NC(CO)CC(C)C)nn2)c1. The maximum absolute atomic E-state index is 12.2. The zero-order chi connectivity index (χ0) is 16.1. The topological polar surface area (TPSA) is 80.0 Å². The van der Waals surface area contributed by atoms with Gasteiger partial charge in [0.05, 0.1) is 24.5 Å². The van der Waals surface area contributed by atoms with E-state index in [9.17, 15) is 9.90 Å². The minimum atomic E-state index is -0.321. The maximum atomic E-state index is 12.2. The van der Waals surface area contributed by atoms with Gasteiger partial charge < -0.3 is 10.4 Å². The second kappa shape index (κ2) is 7.17. The van der Waals surface area contributed by atoms with Crippen molar-refractivity contribution in [2.24, 2.45) is 5.92 Å². The van der Waals surface area contributed by atoms with Gasteiger partial charge in [-0.25, -0.2) is 4.68 Å². The highest BCUT2D eigenvalue weighted by Crippen LogP contribution is 2.10. The molecule has 6 nitrogen and oxygen atoms in total. The molecule has 0 aliphatic carbocycles.